The summed E-state index contributed by atoms with van der Waals surface area (Å²) in [5.74, 6) is -0.445. The monoisotopic (exact) mass is 323 g/mol. The molecule has 1 saturated heterocycles. The van der Waals surface area contributed by atoms with Gasteiger partial charge in [-0.15, -0.1) is 0 Å². The minimum atomic E-state index is -0.351. The van der Waals surface area contributed by atoms with Crippen LogP contribution in [-0.2, 0) is 0 Å². The van der Waals surface area contributed by atoms with Crippen LogP contribution in [0.3, 0.4) is 0 Å². The van der Waals surface area contributed by atoms with Crippen molar-refractivity contribution in [2.45, 2.75) is 6.04 Å². The van der Waals surface area contributed by atoms with Gasteiger partial charge in [-0.1, -0.05) is 30.3 Å². The molecule has 0 bridgehead atoms. The summed E-state index contributed by atoms with van der Waals surface area (Å²) in [6.07, 6.45) is 0. The first-order valence-corrected chi connectivity index (χ1v) is 7.92. The van der Waals surface area contributed by atoms with E-state index in [0.29, 0.717) is 31.7 Å². The van der Waals surface area contributed by atoms with Gasteiger partial charge in [0.1, 0.15) is 11.9 Å². The average molecular weight is 323 g/mol. The van der Waals surface area contributed by atoms with Crippen molar-refractivity contribution in [1.82, 2.24) is 9.80 Å². The van der Waals surface area contributed by atoms with Crippen LogP contribution < -0.4 is 0 Å². The fourth-order valence-electron chi connectivity index (χ4n) is 2.96. The number of nitrogens with zero attached hydrogens (tertiary/aromatic N) is 3. The second-order valence-corrected chi connectivity index (χ2v) is 5.78. The molecule has 0 unspecified atom stereocenters. The third-order valence-electron chi connectivity index (χ3n) is 4.30. The van der Waals surface area contributed by atoms with Gasteiger partial charge >= 0.3 is 0 Å². The number of carbonyl (C=O) groups is 1. The molecule has 0 aliphatic carbocycles. The van der Waals surface area contributed by atoms with Crippen LogP contribution >= 0.6 is 0 Å². The van der Waals surface area contributed by atoms with Crippen molar-refractivity contribution in [3.63, 3.8) is 0 Å². The Hall–Kier alpha value is -2.71. The Morgan fingerprint density at radius 1 is 1.00 bits per heavy atom. The zero-order valence-corrected chi connectivity index (χ0v) is 13.2. The third-order valence-corrected chi connectivity index (χ3v) is 4.30. The van der Waals surface area contributed by atoms with Crippen LogP contribution in [-0.4, -0.2) is 41.9 Å². The van der Waals surface area contributed by atoms with Crippen LogP contribution in [0.1, 0.15) is 22.0 Å². The molecule has 2 aromatic carbocycles. The summed E-state index contributed by atoms with van der Waals surface area (Å²) in [6, 6.07) is 17.3. The molecule has 1 atom stereocenters. The second kappa shape index (κ2) is 7.24. The fourth-order valence-corrected chi connectivity index (χ4v) is 2.96. The highest BCUT2D eigenvalue weighted by atomic mass is 19.1. The summed E-state index contributed by atoms with van der Waals surface area (Å²) in [5, 5.41) is 9.50. The Kier molecular flexibility index (Phi) is 4.88. The fraction of sp³-hybridized carbons (Fsp3) is 0.263. The summed E-state index contributed by atoms with van der Waals surface area (Å²) in [4.78, 5) is 16.3. The Morgan fingerprint density at radius 2 is 1.62 bits per heavy atom. The van der Waals surface area contributed by atoms with E-state index in [0.717, 1.165) is 5.56 Å². The van der Waals surface area contributed by atoms with Gasteiger partial charge in [0.2, 0.25) is 0 Å². The van der Waals surface area contributed by atoms with E-state index in [1.54, 1.807) is 4.90 Å². The van der Waals surface area contributed by atoms with Crippen LogP contribution in [0.2, 0.25) is 0 Å². The molecule has 0 aromatic heterocycles. The molecule has 0 radical (unpaired) electrons. The number of carbonyl (C=O) groups excluding carboxylic acids is 1. The predicted octanol–water partition coefficient (Wildman–Crippen LogP) is 2.85. The van der Waals surface area contributed by atoms with E-state index in [1.807, 2.05) is 30.3 Å². The summed E-state index contributed by atoms with van der Waals surface area (Å²) in [6.45, 7) is 2.39. The van der Waals surface area contributed by atoms with Crippen molar-refractivity contribution < 1.29 is 9.18 Å². The van der Waals surface area contributed by atoms with Crippen LogP contribution in [0.4, 0.5) is 4.39 Å². The van der Waals surface area contributed by atoms with E-state index in [4.69, 9.17) is 0 Å². The molecule has 122 valence electrons. The lowest BCUT2D eigenvalue weighted by Crippen LogP contribution is -2.49. The van der Waals surface area contributed by atoms with E-state index >= 15 is 0 Å². The van der Waals surface area contributed by atoms with Crippen molar-refractivity contribution in [2.75, 3.05) is 26.2 Å². The van der Waals surface area contributed by atoms with Gasteiger partial charge in [0.15, 0.2) is 0 Å². The van der Waals surface area contributed by atoms with Gasteiger partial charge in [-0.05, 0) is 29.8 Å². The number of rotatable bonds is 3. The number of benzene rings is 2. The molecule has 0 saturated carbocycles. The van der Waals surface area contributed by atoms with Crippen LogP contribution in [0.5, 0.6) is 0 Å². The molecule has 1 aliphatic heterocycles. The molecule has 0 spiro atoms. The normalized spacial score (nSPS) is 16.4. The maximum Gasteiger partial charge on any atom is 0.253 e. The number of amides is 1. The highest BCUT2D eigenvalue weighted by Gasteiger charge is 2.27. The molecule has 5 heteroatoms. The summed E-state index contributed by atoms with van der Waals surface area (Å²) < 4.78 is 13.0. The zero-order chi connectivity index (χ0) is 16.9. The predicted molar refractivity (Wildman–Crippen MR) is 88.7 cm³/mol. The standard InChI is InChI=1S/C19H18FN3O/c20-17-8-6-16(7-9-17)19(24)23-12-10-22(11-13-23)18(14-21)15-4-2-1-3-5-15/h1-9,18H,10-13H2/t18-/m0/s1. The molecule has 3 rings (SSSR count). The van der Waals surface area contributed by atoms with Gasteiger partial charge in [0.25, 0.3) is 5.91 Å². The van der Waals surface area contributed by atoms with Gasteiger partial charge in [-0.25, -0.2) is 4.39 Å². The Bertz CT molecular complexity index is 731. The van der Waals surface area contributed by atoms with E-state index in [9.17, 15) is 14.4 Å². The molecule has 24 heavy (non-hydrogen) atoms. The van der Waals surface area contributed by atoms with Crippen molar-refractivity contribution >= 4 is 5.91 Å². The first-order valence-electron chi connectivity index (χ1n) is 7.92. The molecule has 1 fully saturated rings. The highest BCUT2D eigenvalue weighted by molar-refractivity contribution is 5.94. The SMILES string of the molecule is N#C[C@@H](c1ccccc1)N1CCN(C(=O)c2ccc(F)cc2)CC1. The van der Waals surface area contributed by atoms with E-state index in [1.165, 1.54) is 24.3 Å². The molecular formula is C19H18FN3O. The zero-order valence-electron chi connectivity index (χ0n) is 13.2. The van der Waals surface area contributed by atoms with Crippen LogP contribution in [0.15, 0.2) is 54.6 Å². The Morgan fingerprint density at radius 3 is 2.21 bits per heavy atom. The first-order chi connectivity index (χ1) is 11.7. The van der Waals surface area contributed by atoms with E-state index in [2.05, 4.69) is 11.0 Å². The minimum absolute atomic E-state index is 0.0946. The molecular weight excluding hydrogens is 305 g/mol. The molecule has 4 nitrogen and oxygen atoms in total. The van der Waals surface area contributed by atoms with Gasteiger partial charge in [0, 0.05) is 31.7 Å². The first kappa shape index (κ1) is 16.2. The van der Waals surface area contributed by atoms with Crippen molar-refractivity contribution in [3.05, 3.63) is 71.5 Å². The largest absolute Gasteiger partial charge is 0.336 e. The molecule has 1 heterocycles. The lowest BCUT2D eigenvalue weighted by Gasteiger charge is -2.37. The van der Waals surface area contributed by atoms with Gasteiger partial charge in [-0.3, -0.25) is 9.69 Å². The lowest BCUT2D eigenvalue weighted by molar-refractivity contribution is 0.0606. The third kappa shape index (κ3) is 3.44. The van der Waals surface area contributed by atoms with Gasteiger partial charge in [0.05, 0.1) is 6.07 Å². The number of piperazine rings is 1. The number of nitriles is 1. The Labute approximate surface area is 140 Å². The summed E-state index contributed by atoms with van der Waals surface area (Å²) >= 11 is 0. The van der Waals surface area contributed by atoms with Crippen molar-refractivity contribution in [1.29, 1.82) is 5.26 Å². The van der Waals surface area contributed by atoms with Crippen molar-refractivity contribution in [3.8, 4) is 6.07 Å². The minimum Gasteiger partial charge on any atom is -0.336 e. The van der Waals surface area contributed by atoms with E-state index in [-0.39, 0.29) is 17.8 Å². The lowest BCUT2D eigenvalue weighted by atomic mass is 10.1. The second-order valence-electron chi connectivity index (χ2n) is 5.78. The molecule has 0 N–H and O–H groups in total. The van der Waals surface area contributed by atoms with Crippen molar-refractivity contribution in [2.24, 2.45) is 0 Å². The number of hydrogen-bond acceptors (Lipinski definition) is 3. The molecule has 1 aliphatic rings. The van der Waals surface area contributed by atoms with Crippen LogP contribution in [0.25, 0.3) is 0 Å². The quantitative estimate of drug-likeness (QED) is 0.872. The number of hydrogen-bond donors (Lipinski definition) is 0. The summed E-state index contributed by atoms with van der Waals surface area (Å²) in [5.41, 5.74) is 1.46. The highest BCUT2D eigenvalue weighted by Crippen LogP contribution is 2.21. The number of halogens is 1. The van der Waals surface area contributed by atoms with Crippen LogP contribution in [0, 0.1) is 17.1 Å². The average Bonchev–Trinajstić information content (AvgIpc) is 2.64. The molecule has 2 aromatic rings. The topological polar surface area (TPSA) is 47.3 Å². The van der Waals surface area contributed by atoms with Gasteiger partial charge in [-0.2, -0.15) is 5.26 Å². The van der Waals surface area contributed by atoms with Gasteiger partial charge < -0.3 is 4.90 Å². The molecule has 1 amide bonds. The smallest absolute Gasteiger partial charge is 0.253 e. The summed E-state index contributed by atoms with van der Waals surface area (Å²) in [7, 11) is 0. The Balaban J connectivity index is 1.64. The van der Waals surface area contributed by atoms with E-state index < -0.39 is 0 Å². The maximum absolute atomic E-state index is 13.0. The maximum atomic E-state index is 13.0.